The highest BCUT2D eigenvalue weighted by molar-refractivity contribution is 5.47. The van der Waals surface area contributed by atoms with Crippen LogP contribution in [0, 0.1) is 5.92 Å². The van der Waals surface area contributed by atoms with E-state index in [9.17, 15) is 0 Å². The van der Waals surface area contributed by atoms with Crippen molar-refractivity contribution in [3.8, 4) is 0 Å². The Kier molecular flexibility index (Phi) is 4.46. The summed E-state index contributed by atoms with van der Waals surface area (Å²) in [5.74, 6) is 0.865. The van der Waals surface area contributed by atoms with Gasteiger partial charge in [0.25, 0.3) is 0 Å². The van der Waals surface area contributed by atoms with E-state index in [0.717, 1.165) is 18.2 Å². The van der Waals surface area contributed by atoms with Gasteiger partial charge in [0.15, 0.2) is 0 Å². The lowest BCUT2D eigenvalue weighted by Gasteiger charge is -2.22. The highest BCUT2D eigenvalue weighted by atomic mass is 15.2. The first-order valence-corrected chi connectivity index (χ1v) is 7.43. The number of nitrogens with one attached hydrogen (secondary N) is 1. The van der Waals surface area contributed by atoms with Crippen LogP contribution in [-0.2, 0) is 6.54 Å². The topological polar surface area (TPSA) is 28.2 Å². The maximum absolute atomic E-state index is 4.46. The van der Waals surface area contributed by atoms with Gasteiger partial charge in [0, 0.05) is 37.1 Å². The van der Waals surface area contributed by atoms with Crippen molar-refractivity contribution in [3.05, 3.63) is 24.0 Å². The van der Waals surface area contributed by atoms with Crippen molar-refractivity contribution in [2.24, 2.45) is 5.92 Å². The summed E-state index contributed by atoms with van der Waals surface area (Å²) in [6.45, 7) is 12.1. The van der Waals surface area contributed by atoms with Crippen LogP contribution in [0.3, 0.4) is 0 Å². The van der Waals surface area contributed by atoms with Crippen LogP contribution in [0.4, 0.5) is 5.69 Å². The van der Waals surface area contributed by atoms with Crippen LogP contribution in [0.5, 0.6) is 0 Å². The van der Waals surface area contributed by atoms with Gasteiger partial charge in [-0.2, -0.15) is 0 Å². The third kappa shape index (κ3) is 4.20. The van der Waals surface area contributed by atoms with E-state index in [-0.39, 0.29) is 5.54 Å². The molecule has 3 nitrogen and oxygen atoms in total. The SMILES string of the molecule is CCC1CCN(c2ccnc(CNC(C)(C)C)c2)C1. The molecule has 0 aliphatic carbocycles. The van der Waals surface area contributed by atoms with Crippen LogP contribution in [0.2, 0.25) is 0 Å². The molecule has 1 aliphatic heterocycles. The molecule has 1 saturated heterocycles. The molecule has 1 aromatic rings. The molecule has 0 saturated carbocycles. The summed E-state index contributed by atoms with van der Waals surface area (Å²) in [6.07, 6.45) is 4.56. The average molecular weight is 261 g/mol. The quantitative estimate of drug-likeness (QED) is 0.902. The van der Waals surface area contributed by atoms with E-state index in [2.05, 4.69) is 55.0 Å². The smallest absolute Gasteiger partial charge is 0.0562 e. The van der Waals surface area contributed by atoms with Gasteiger partial charge >= 0.3 is 0 Å². The molecule has 106 valence electrons. The van der Waals surface area contributed by atoms with Gasteiger partial charge in [-0.05, 0) is 45.2 Å². The molecule has 3 heteroatoms. The lowest BCUT2D eigenvalue weighted by molar-refractivity contribution is 0.421. The Bertz CT molecular complexity index is 409. The van der Waals surface area contributed by atoms with Crippen LogP contribution in [0.15, 0.2) is 18.3 Å². The number of aromatic nitrogens is 1. The maximum Gasteiger partial charge on any atom is 0.0562 e. The zero-order valence-corrected chi connectivity index (χ0v) is 12.7. The van der Waals surface area contributed by atoms with Crippen LogP contribution >= 0.6 is 0 Å². The van der Waals surface area contributed by atoms with Crippen molar-refractivity contribution < 1.29 is 0 Å². The van der Waals surface area contributed by atoms with Gasteiger partial charge in [-0.15, -0.1) is 0 Å². The molecule has 1 aliphatic rings. The number of nitrogens with zero attached hydrogens (tertiary/aromatic N) is 2. The van der Waals surface area contributed by atoms with Crippen LogP contribution in [-0.4, -0.2) is 23.6 Å². The van der Waals surface area contributed by atoms with Crippen molar-refractivity contribution in [1.82, 2.24) is 10.3 Å². The molecule has 19 heavy (non-hydrogen) atoms. The highest BCUT2D eigenvalue weighted by Crippen LogP contribution is 2.25. The highest BCUT2D eigenvalue weighted by Gasteiger charge is 2.21. The Morgan fingerprint density at radius 2 is 2.21 bits per heavy atom. The van der Waals surface area contributed by atoms with Gasteiger partial charge < -0.3 is 10.2 Å². The number of rotatable bonds is 4. The summed E-state index contributed by atoms with van der Waals surface area (Å²) in [7, 11) is 0. The Hall–Kier alpha value is -1.09. The molecule has 0 amide bonds. The lowest BCUT2D eigenvalue weighted by atomic mass is 10.1. The summed E-state index contributed by atoms with van der Waals surface area (Å²) in [5.41, 5.74) is 2.60. The van der Waals surface area contributed by atoms with Gasteiger partial charge in [0.1, 0.15) is 0 Å². The summed E-state index contributed by atoms with van der Waals surface area (Å²) in [5, 5.41) is 3.49. The average Bonchev–Trinajstić information content (AvgIpc) is 2.85. The normalized spacial score (nSPS) is 20.0. The standard InChI is InChI=1S/C16H27N3/c1-5-13-7-9-19(12-13)15-6-8-17-14(10-15)11-18-16(2,3)4/h6,8,10,13,18H,5,7,9,11-12H2,1-4H3. The predicted octanol–water partition coefficient (Wildman–Crippen LogP) is 3.21. The molecule has 1 aromatic heterocycles. The van der Waals surface area contributed by atoms with Crippen LogP contribution < -0.4 is 10.2 Å². The molecule has 1 fully saturated rings. The van der Waals surface area contributed by atoms with Gasteiger partial charge in [-0.25, -0.2) is 0 Å². The van der Waals surface area contributed by atoms with E-state index in [4.69, 9.17) is 0 Å². The fraction of sp³-hybridized carbons (Fsp3) is 0.688. The van der Waals surface area contributed by atoms with Crippen molar-refractivity contribution >= 4 is 5.69 Å². The van der Waals surface area contributed by atoms with E-state index in [1.54, 1.807) is 0 Å². The lowest BCUT2D eigenvalue weighted by Crippen LogP contribution is -2.35. The van der Waals surface area contributed by atoms with E-state index in [0.29, 0.717) is 0 Å². The number of pyridine rings is 1. The minimum absolute atomic E-state index is 0.138. The Labute approximate surface area is 117 Å². The molecule has 0 radical (unpaired) electrons. The van der Waals surface area contributed by atoms with Gasteiger partial charge in [-0.3, -0.25) is 4.98 Å². The van der Waals surface area contributed by atoms with E-state index >= 15 is 0 Å². The zero-order valence-electron chi connectivity index (χ0n) is 12.7. The summed E-state index contributed by atoms with van der Waals surface area (Å²) >= 11 is 0. The van der Waals surface area contributed by atoms with Crippen LogP contribution in [0.1, 0.15) is 46.2 Å². The maximum atomic E-state index is 4.46. The van der Waals surface area contributed by atoms with Crippen molar-refractivity contribution in [2.75, 3.05) is 18.0 Å². The molecule has 0 aromatic carbocycles. The van der Waals surface area contributed by atoms with E-state index < -0.39 is 0 Å². The first kappa shape index (κ1) is 14.3. The minimum Gasteiger partial charge on any atom is -0.371 e. The molecule has 0 spiro atoms. The van der Waals surface area contributed by atoms with Crippen molar-refractivity contribution in [2.45, 2.75) is 52.6 Å². The fourth-order valence-electron chi connectivity index (χ4n) is 2.51. The van der Waals surface area contributed by atoms with Gasteiger partial charge in [0.05, 0.1) is 5.69 Å². The molecule has 1 N–H and O–H groups in total. The third-order valence-corrected chi connectivity index (χ3v) is 3.83. The fourth-order valence-corrected chi connectivity index (χ4v) is 2.51. The Morgan fingerprint density at radius 3 is 2.84 bits per heavy atom. The monoisotopic (exact) mass is 261 g/mol. The van der Waals surface area contributed by atoms with Crippen molar-refractivity contribution in [1.29, 1.82) is 0 Å². The molecular formula is C16H27N3. The third-order valence-electron chi connectivity index (χ3n) is 3.83. The molecular weight excluding hydrogens is 234 g/mol. The van der Waals surface area contributed by atoms with Crippen LogP contribution in [0.25, 0.3) is 0 Å². The Morgan fingerprint density at radius 1 is 1.42 bits per heavy atom. The molecule has 2 rings (SSSR count). The molecule has 2 heterocycles. The summed E-state index contributed by atoms with van der Waals surface area (Å²) in [4.78, 5) is 6.96. The largest absolute Gasteiger partial charge is 0.371 e. The molecule has 1 atom stereocenters. The number of hydrogen-bond acceptors (Lipinski definition) is 3. The molecule has 0 bridgehead atoms. The zero-order chi connectivity index (χ0) is 13.9. The Balaban J connectivity index is 1.99. The predicted molar refractivity (Wildman–Crippen MR) is 81.4 cm³/mol. The van der Waals surface area contributed by atoms with Gasteiger partial charge in [0.2, 0.25) is 0 Å². The first-order chi connectivity index (χ1) is 8.98. The second-order valence-corrected chi connectivity index (χ2v) is 6.62. The van der Waals surface area contributed by atoms with Crippen molar-refractivity contribution in [3.63, 3.8) is 0 Å². The minimum atomic E-state index is 0.138. The van der Waals surface area contributed by atoms with E-state index in [1.807, 2.05) is 6.20 Å². The molecule has 1 unspecified atom stereocenters. The summed E-state index contributed by atoms with van der Waals surface area (Å²) < 4.78 is 0. The first-order valence-electron chi connectivity index (χ1n) is 7.43. The summed E-state index contributed by atoms with van der Waals surface area (Å²) in [6, 6.07) is 4.37. The van der Waals surface area contributed by atoms with E-state index in [1.165, 1.54) is 31.6 Å². The van der Waals surface area contributed by atoms with Gasteiger partial charge in [-0.1, -0.05) is 13.3 Å². The second kappa shape index (κ2) is 5.91. The second-order valence-electron chi connectivity index (χ2n) is 6.62. The number of anilines is 1. The number of hydrogen-bond donors (Lipinski definition) is 1.